The molecule has 0 unspecified atom stereocenters. The molecule has 2 aliphatic rings. The maximum atomic E-state index is 12.9. The van der Waals surface area contributed by atoms with Gasteiger partial charge in [0.05, 0.1) is 30.8 Å². The molecule has 3 rings (SSSR count). The fourth-order valence-corrected chi connectivity index (χ4v) is 5.04. The summed E-state index contributed by atoms with van der Waals surface area (Å²) in [5.41, 5.74) is 0.876. The van der Waals surface area contributed by atoms with Crippen LogP contribution in [0.4, 0.5) is 0 Å². The van der Waals surface area contributed by atoms with Crippen LogP contribution in [0, 0.1) is 12.8 Å². The Morgan fingerprint density at radius 3 is 2.40 bits per heavy atom. The minimum atomic E-state index is -3.59. The molecule has 1 aromatic carbocycles. The minimum Gasteiger partial charge on any atom is -0.465 e. The van der Waals surface area contributed by atoms with Gasteiger partial charge in [-0.1, -0.05) is 0 Å². The van der Waals surface area contributed by atoms with Gasteiger partial charge in [0.2, 0.25) is 10.0 Å². The van der Waals surface area contributed by atoms with Crippen LogP contribution in [0.5, 0.6) is 0 Å². The Balaban J connectivity index is 1.73. The molecule has 2 heterocycles. The van der Waals surface area contributed by atoms with E-state index >= 15 is 0 Å². The van der Waals surface area contributed by atoms with Crippen LogP contribution in [0.15, 0.2) is 23.1 Å². The third-order valence-corrected chi connectivity index (χ3v) is 6.80. The summed E-state index contributed by atoms with van der Waals surface area (Å²) >= 11 is 0. The number of piperidine rings is 1. The standard InChI is InChI=1S/C17H23NO6S/c1-12-11-14(16(19)22-2)3-4-15(12)25(20,21)18-7-5-13(6-8-18)17-23-9-10-24-17/h3-4,11,13,17H,5-10H2,1-2H3. The Labute approximate surface area is 147 Å². The third kappa shape index (κ3) is 3.72. The molecule has 25 heavy (non-hydrogen) atoms. The molecule has 0 aromatic heterocycles. The Hall–Kier alpha value is -1.48. The molecule has 0 N–H and O–H groups in total. The van der Waals surface area contributed by atoms with Gasteiger partial charge >= 0.3 is 5.97 Å². The van der Waals surface area contributed by atoms with E-state index < -0.39 is 16.0 Å². The van der Waals surface area contributed by atoms with Crippen molar-refractivity contribution < 1.29 is 27.4 Å². The molecule has 1 aromatic rings. The van der Waals surface area contributed by atoms with Gasteiger partial charge in [-0.05, 0) is 43.5 Å². The number of rotatable bonds is 4. The lowest BCUT2D eigenvalue weighted by Crippen LogP contribution is -2.41. The van der Waals surface area contributed by atoms with E-state index in [1.165, 1.54) is 23.5 Å². The molecule has 0 saturated carbocycles. The molecule has 0 bridgehead atoms. The predicted molar refractivity (Wildman–Crippen MR) is 89.7 cm³/mol. The number of nitrogens with zero attached hydrogens (tertiary/aromatic N) is 1. The van der Waals surface area contributed by atoms with Crippen LogP contribution in [-0.2, 0) is 24.2 Å². The second-order valence-electron chi connectivity index (χ2n) is 6.32. The summed E-state index contributed by atoms with van der Waals surface area (Å²) in [5, 5.41) is 0. The highest BCUT2D eigenvalue weighted by atomic mass is 32.2. The molecule has 2 saturated heterocycles. The van der Waals surface area contributed by atoms with Gasteiger partial charge in [0.1, 0.15) is 0 Å². The average molecular weight is 369 g/mol. The fraction of sp³-hybridized carbons (Fsp3) is 0.588. The molecule has 2 aliphatic heterocycles. The second-order valence-corrected chi connectivity index (χ2v) is 8.23. The van der Waals surface area contributed by atoms with Gasteiger partial charge in [0.15, 0.2) is 6.29 Å². The summed E-state index contributed by atoms with van der Waals surface area (Å²) in [6, 6.07) is 4.51. The molecule has 7 nitrogen and oxygen atoms in total. The van der Waals surface area contributed by atoms with E-state index in [4.69, 9.17) is 9.47 Å². The van der Waals surface area contributed by atoms with E-state index in [2.05, 4.69) is 4.74 Å². The summed E-state index contributed by atoms with van der Waals surface area (Å²) in [6.07, 6.45) is 1.22. The summed E-state index contributed by atoms with van der Waals surface area (Å²) in [4.78, 5) is 11.8. The van der Waals surface area contributed by atoms with Crippen LogP contribution in [0.3, 0.4) is 0 Å². The van der Waals surface area contributed by atoms with E-state index in [0.717, 1.165) is 0 Å². The van der Waals surface area contributed by atoms with Crippen molar-refractivity contribution in [2.75, 3.05) is 33.4 Å². The van der Waals surface area contributed by atoms with Gasteiger partial charge in [-0.3, -0.25) is 0 Å². The number of benzene rings is 1. The van der Waals surface area contributed by atoms with Crippen molar-refractivity contribution in [2.24, 2.45) is 5.92 Å². The van der Waals surface area contributed by atoms with Gasteiger partial charge < -0.3 is 14.2 Å². The van der Waals surface area contributed by atoms with E-state index in [1.54, 1.807) is 13.0 Å². The van der Waals surface area contributed by atoms with E-state index in [1.807, 2.05) is 0 Å². The largest absolute Gasteiger partial charge is 0.465 e. The Kier molecular flexibility index (Phi) is 5.43. The van der Waals surface area contributed by atoms with Gasteiger partial charge in [0.25, 0.3) is 0 Å². The maximum absolute atomic E-state index is 12.9. The topological polar surface area (TPSA) is 82.1 Å². The highest BCUT2D eigenvalue weighted by Gasteiger charge is 2.35. The first kappa shape index (κ1) is 18.3. The summed E-state index contributed by atoms with van der Waals surface area (Å²) in [6.45, 7) is 3.78. The number of hydrogen-bond acceptors (Lipinski definition) is 6. The Bertz CT molecular complexity index is 734. The molecular formula is C17H23NO6S. The number of hydrogen-bond donors (Lipinski definition) is 0. The zero-order valence-electron chi connectivity index (χ0n) is 14.4. The zero-order valence-corrected chi connectivity index (χ0v) is 15.3. The molecule has 0 spiro atoms. The first-order valence-electron chi connectivity index (χ1n) is 8.36. The van der Waals surface area contributed by atoms with Crippen LogP contribution in [0.2, 0.25) is 0 Å². The summed E-state index contributed by atoms with van der Waals surface area (Å²) in [5.74, 6) is -0.249. The molecular weight excluding hydrogens is 346 g/mol. The first-order chi connectivity index (χ1) is 11.9. The summed E-state index contributed by atoms with van der Waals surface area (Å²) in [7, 11) is -2.29. The Morgan fingerprint density at radius 2 is 1.84 bits per heavy atom. The van der Waals surface area contributed by atoms with Gasteiger partial charge in [-0.2, -0.15) is 4.31 Å². The monoisotopic (exact) mass is 369 g/mol. The van der Waals surface area contributed by atoms with Gasteiger partial charge in [-0.25, -0.2) is 13.2 Å². The number of sulfonamides is 1. The normalized spacial score (nSPS) is 20.7. The average Bonchev–Trinajstić information content (AvgIpc) is 3.15. The van der Waals surface area contributed by atoms with Crippen molar-refractivity contribution in [1.29, 1.82) is 0 Å². The number of esters is 1. The predicted octanol–water partition coefficient (Wildman–Crippen LogP) is 1.56. The number of carbonyl (C=O) groups excluding carboxylic acids is 1. The van der Waals surface area contributed by atoms with Crippen LogP contribution >= 0.6 is 0 Å². The molecule has 2 fully saturated rings. The smallest absolute Gasteiger partial charge is 0.337 e. The van der Waals surface area contributed by atoms with E-state index in [0.29, 0.717) is 50.3 Å². The van der Waals surface area contributed by atoms with Crippen molar-refractivity contribution in [2.45, 2.75) is 31.0 Å². The quantitative estimate of drug-likeness (QED) is 0.749. The lowest BCUT2D eigenvalue weighted by Gasteiger charge is -2.33. The molecule has 0 aliphatic carbocycles. The van der Waals surface area contributed by atoms with Crippen LogP contribution in [0.25, 0.3) is 0 Å². The summed E-state index contributed by atoms with van der Waals surface area (Å²) < 4.78 is 43.1. The fourth-order valence-electron chi connectivity index (χ4n) is 3.36. The Morgan fingerprint density at radius 1 is 1.20 bits per heavy atom. The number of methoxy groups -OCH3 is 1. The lowest BCUT2D eigenvalue weighted by atomic mass is 9.98. The zero-order chi connectivity index (χ0) is 18.0. The maximum Gasteiger partial charge on any atom is 0.337 e. The van der Waals surface area contributed by atoms with E-state index in [-0.39, 0.29) is 17.1 Å². The lowest BCUT2D eigenvalue weighted by molar-refractivity contribution is -0.0938. The third-order valence-electron chi connectivity index (χ3n) is 4.74. The molecule has 0 atom stereocenters. The molecule has 0 radical (unpaired) electrons. The van der Waals surface area contributed by atoms with Gasteiger partial charge in [0, 0.05) is 19.0 Å². The number of aryl methyl sites for hydroxylation is 1. The second kappa shape index (κ2) is 7.41. The van der Waals surface area contributed by atoms with Crippen LogP contribution in [-0.4, -0.2) is 58.4 Å². The van der Waals surface area contributed by atoms with Crippen molar-refractivity contribution in [3.05, 3.63) is 29.3 Å². The van der Waals surface area contributed by atoms with Crippen molar-refractivity contribution in [3.63, 3.8) is 0 Å². The SMILES string of the molecule is COC(=O)c1ccc(S(=O)(=O)N2CCC(C3OCCO3)CC2)c(C)c1. The highest BCUT2D eigenvalue weighted by Crippen LogP contribution is 2.30. The molecule has 0 amide bonds. The van der Waals surface area contributed by atoms with E-state index in [9.17, 15) is 13.2 Å². The van der Waals surface area contributed by atoms with Crippen molar-refractivity contribution >= 4 is 16.0 Å². The number of carbonyl (C=O) groups is 1. The minimum absolute atomic E-state index is 0.203. The molecule has 138 valence electrons. The highest BCUT2D eigenvalue weighted by molar-refractivity contribution is 7.89. The first-order valence-corrected chi connectivity index (χ1v) is 9.80. The van der Waals surface area contributed by atoms with Crippen LogP contribution in [0.1, 0.15) is 28.8 Å². The number of ether oxygens (including phenoxy) is 3. The van der Waals surface area contributed by atoms with Gasteiger partial charge in [-0.15, -0.1) is 0 Å². The van der Waals surface area contributed by atoms with Crippen molar-refractivity contribution in [3.8, 4) is 0 Å². The van der Waals surface area contributed by atoms with Crippen LogP contribution < -0.4 is 0 Å². The van der Waals surface area contributed by atoms with Crippen molar-refractivity contribution in [1.82, 2.24) is 4.31 Å². The molecule has 8 heteroatoms.